The summed E-state index contributed by atoms with van der Waals surface area (Å²) in [5.41, 5.74) is -4.82. The van der Waals surface area contributed by atoms with Crippen LogP contribution in [-0.2, 0) is 51.1 Å². The molecule has 4 rings (SSSR count). The van der Waals surface area contributed by atoms with Gasteiger partial charge in [-0.15, -0.1) is 0 Å². The molecule has 56 heavy (non-hydrogen) atoms. The molecule has 8 N–H and O–H groups in total. The van der Waals surface area contributed by atoms with Crippen LogP contribution in [0.1, 0.15) is 31.9 Å². The first-order chi connectivity index (χ1) is 25.5. The molecular weight excluding hydrogens is 865 g/mol. The zero-order valence-electron chi connectivity index (χ0n) is 28.9. The molecule has 0 aliphatic carbocycles. The Kier molecular flexibility index (Phi) is 20.7. The Balaban J connectivity index is 0.000000773. The zero-order chi connectivity index (χ0) is 41.6. The molecule has 2 fully saturated rings. The zero-order valence-corrected chi connectivity index (χ0v) is 31.6. The molecule has 0 saturated carbocycles. The molecule has 2 aromatic heterocycles. The summed E-state index contributed by atoms with van der Waals surface area (Å²) in [6.07, 6.45) is 0.148. The second kappa shape index (κ2) is 22.8. The first kappa shape index (κ1) is 51.0. The number of fused-ring (bicyclic) bond motifs is 1. The standard InChI is InChI=1S/C24H40N10O5.2CHF3O3S.Ni/c25-21-17-22(31-14-30-21)34(15-32-17)24-19(37)18(36)20(39-24)23(38)29-5-3-1-2-4-16(35)33-12-10-27-8-6-26-7-9-28-11-13-33;2*2-1(3,4)8(5,6)7;/h14-15,18-20,24,26-28,36-37H,1-13H2,(H,29,38)(H2,25,30,31);2*(H,5,6,7);/q;;;+2/p-2/t18-,19+,20-,24+;;;/m0.../s1. The van der Waals surface area contributed by atoms with Gasteiger partial charge in [0, 0.05) is 65.3 Å². The average molecular weight is 905 g/mol. The van der Waals surface area contributed by atoms with Crippen molar-refractivity contribution in [3.05, 3.63) is 12.7 Å². The van der Waals surface area contributed by atoms with Crippen molar-refractivity contribution in [3.63, 3.8) is 0 Å². The van der Waals surface area contributed by atoms with Crippen LogP contribution in [0.15, 0.2) is 12.7 Å². The van der Waals surface area contributed by atoms with E-state index in [9.17, 15) is 46.1 Å². The van der Waals surface area contributed by atoms with E-state index in [-0.39, 0.29) is 28.2 Å². The Labute approximate surface area is 325 Å². The van der Waals surface area contributed by atoms with Crippen LogP contribution in [0, 0.1) is 0 Å². The molecule has 324 valence electrons. The van der Waals surface area contributed by atoms with Crippen LogP contribution in [0.25, 0.3) is 11.2 Å². The number of hydrogen-bond acceptors (Lipinski definition) is 18. The number of imidazole rings is 1. The number of anilines is 1. The maximum absolute atomic E-state index is 12.7. The second-order valence-corrected chi connectivity index (χ2v) is 14.3. The van der Waals surface area contributed by atoms with Crippen molar-refractivity contribution in [2.45, 2.75) is 61.2 Å². The predicted octanol–water partition coefficient (Wildman–Crippen LogP) is -2.58. The minimum absolute atomic E-state index is 0. The monoisotopic (exact) mass is 904 g/mol. The summed E-state index contributed by atoms with van der Waals surface area (Å²) in [5.74, 6) is -0.208. The van der Waals surface area contributed by atoms with Crippen LogP contribution in [0.5, 0.6) is 0 Å². The van der Waals surface area contributed by atoms with E-state index in [0.717, 1.165) is 52.1 Å². The van der Waals surface area contributed by atoms with Gasteiger partial charge in [-0.3, -0.25) is 14.2 Å². The molecular formula is C26H40F6N10NiO11S2. The normalized spacial score (nSPS) is 21.6. The number of nitrogens with zero attached hydrogens (tertiary/aromatic N) is 5. The Bertz CT molecular complexity index is 1710. The molecule has 4 atom stereocenters. The molecule has 2 aliphatic heterocycles. The molecule has 21 nitrogen and oxygen atoms in total. The van der Waals surface area contributed by atoms with E-state index in [1.807, 2.05) is 4.90 Å². The quantitative estimate of drug-likeness (QED) is 0.0470. The number of halogens is 6. The van der Waals surface area contributed by atoms with Crippen LogP contribution in [0.3, 0.4) is 0 Å². The number of nitrogens with two attached hydrogens (primary N) is 1. The topological polar surface area (TPSA) is 319 Å². The van der Waals surface area contributed by atoms with E-state index >= 15 is 0 Å². The molecule has 30 heteroatoms. The number of ether oxygens (including phenoxy) is 1. The number of aliphatic hydroxyl groups excluding tert-OH is 2. The first-order valence-electron chi connectivity index (χ1n) is 16.1. The summed E-state index contributed by atoms with van der Waals surface area (Å²) >= 11 is 0. The smallest absolute Gasteiger partial charge is 0.741 e. The first-order valence-corrected chi connectivity index (χ1v) is 19.0. The van der Waals surface area contributed by atoms with Gasteiger partial charge >= 0.3 is 27.5 Å². The van der Waals surface area contributed by atoms with Crippen molar-refractivity contribution in [1.82, 2.24) is 45.7 Å². The van der Waals surface area contributed by atoms with E-state index in [1.54, 1.807) is 0 Å². The fourth-order valence-corrected chi connectivity index (χ4v) is 4.73. The van der Waals surface area contributed by atoms with E-state index in [2.05, 4.69) is 36.2 Å². The fraction of sp³-hybridized carbons (Fsp3) is 0.731. The molecule has 4 heterocycles. The molecule has 0 bridgehead atoms. The number of rotatable bonds is 8. The van der Waals surface area contributed by atoms with E-state index in [1.165, 1.54) is 17.2 Å². The number of alkyl halides is 6. The molecule has 2 aliphatic rings. The SMILES string of the molecule is Nc1ncnc2c1ncn2[C@@H]1O[C@H](C(=O)NCCCCCC(=O)N2CCNCCNCCNCC2)[C@@H](O)[C@H]1O.O=S(=O)([O-])C(F)(F)F.O=S(=O)([O-])C(F)(F)F.[Ni+2]. The predicted molar refractivity (Wildman–Crippen MR) is 174 cm³/mol. The van der Waals surface area contributed by atoms with Crippen LogP contribution in [0.4, 0.5) is 32.2 Å². The fourth-order valence-electron chi connectivity index (χ4n) is 4.73. The number of carbonyl (C=O) groups excluding carboxylic acids is 2. The number of nitrogens with one attached hydrogen (secondary N) is 4. The Morgan fingerprint density at radius 1 is 0.857 bits per heavy atom. The van der Waals surface area contributed by atoms with Gasteiger partial charge in [-0.25, -0.2) is 31.8 Å². The number of unbranched alkanes of at least 4 members (excludes halogenated alkanes) is 2. The number of nitrogen functional groups attached to an aromatic ring is 1. The number of aromatic nitrogens is 4. The second-order valence-electron chi connectivity index (χ2n) is 11.5. The third-order valence-electron chi connectivity index (χ3n) is 7.52. The Hall–Kier alpha value is -3.06. The number of aliphatic hydroxyl groups is 2. The number of amides is 2. The van der Waals surface area contributed by atoms with Crippen LogP contribution < -0.4 is 27.0 Å². The molecule has 2 aromatic rings. The largest absolute Gasteiger partial charge is 2.00 e. The Morgan fingerprint density at radius 3 is 1.86 bits per heavy atom. The number of carbonyl (C=O) groups is 2. The summed E-state index contributed by atoms with van der Waals surface area (Å²) in [6.45, 7) is 6.83. The van der Waals surface area contributed by atoms with E-state index in [4.69, 9.17) is 36.4 Å². The summed E-state index contributed by atoms with van der Waals surface area (Å²) < 4.78 is 125. The van der Waals surface area contributed by atoms with Gasteiger partial charge in [0.25, 0.3) is 5.91 Å². The van der Waals surface area contributed by atoms with Gasteiger partial charge in [-0.1, -0.05) is 6.42 Å². The third kappa shape index (κ3) is 16.1. The van der Waals surface area contributed by atoms with Gasteiger partial charge in [0.1, 0.15) is 24.1 Å². The van der Waals surface area contributed by atoms with Crippen molar-refractivity contribution in [3.8, 4) is 0 Å². The summed E-state index contributed by atoms with van der Waals surface area (Å²) in [7, 11) is -12.2. The molecule has 2 saturated heterocycles. The molecule has 0 aromatic carbocycles. The van der Waals surface area contributed by atoms with Crippen molar-refractivity contribution in [1.29, 1.82) is 0 Å². The summed E-state index contributed by atoms with van der Waals surface area (Å²) in [4.78, 5) is 39.5. The van der Waals surface area contributed by atoms with Crippen molar-refractivity contribution in [2.75, 3.05) is 64.6 Å². The molecule has 0 radical (unpaired) electrons. The van der Waals surface area contributed by atoms with Gasteiger partial charge in [0.2, 0.25) is 5.91 Å². The number of hydrogen-bond donors (Lipinski definition) is 7. The minimum atomic E-state index is -6.09. The van der Waals surface area contributed by atoms with Crippen molar-refractivity contribution < 1.29 is 93.3 Å². The van der Waals surface area contributed by atoms with E-state index in [0.29, 0.717) is 43.6 Å². The van der Waals surface area contributed by atoms with Gasteiger partial charge in [-0.2, -0.15) is 26.3 Å². The van der Waals surface area contributed by atoms with Crippen molar-refractivity contribution in [2.24, 2.45) is 0 Å². The summed E-state index contributed by atoms with van der Waals surface area (Å²) in [5, 5.41) is 33.8. The van der Waals surface area contributed by atoms with E-state index < -0.39 is 61.7 Å². The molecule has 0 unspecified atom stereocenters. The Morgan fingerprint density at radius 2 is 1.36 bits per heavy atom. The molecule has 0 spiro atoms. The van der Waals surface area contributed by atoms with Gasteiger partial charge in [0.05, 0.1) is 6.33 Å². The minimum Gasteiger partial charge on any atom is -0.741 e. The van der Waals surface area contributed by atoms with Gasteiger partial charge in [-0.05, 0) is 12.8 Å². The maximum Gasteiger partial charge on any atom is 2.00 e. The third-order valence-corrected chi connectivity index (χ3v) is 8.65. The van der Waals surface area contributed by atoms with Crippen LogP contribution in [0.2, 0.25) is 0 Å². The van der Waals surface area contributed by atoms with Crippen molar-refractivity contribution >= 4 is 49.0 Å². The van der Waals surface area contributed by atoms with Gasteiger partial charge < -0.3 is 56.0 Å². The van der Waals surface area contributed by atoms with Gasteiger partial charge in [0.15, 0.2) is 44.0 Å². The van der Waals surface area contributed by atoms with Crippen LogP contribution >= 0.6 is 0 Å². The maximum atomic E-state index is 12.7. The average Bonchev–Trinajstić information content (AvgIpc) is 3.62. The van der Waals surface area contributed by atoms with Crippen LogP contribution in [-0.4, -0.2) is 161 Å². The summed E-state index contributed by atoms with van der Waals surface area (Å²) in [6, 6.07) is 0. The molecule has 2 amide bonds.